The molecule has 1 aromatic rings. The molecule has 1 saturated heterocycles. The number of likely N-dealkylation sites (tertiary alicyclic amines) is 1. The van der Waals surface area contributed by atoms with Crippen LogP contribution >= 0.6 is 0 Å². The van der Waals surface area contributed by atoms with Crippen LogP contribution in [-0.4, -0.2) is 39.5 Å². The lowest BCUT2D eigenvalue weighted by molar-refractivity contribution is 0.255. The van der Waals surface area contributed by atoms with Crippen LogP contribution in [0.5, 0.6) is 0 Å². The highest BCUT2D eigenvalue weighted by Crippen LogP contribution is 2.33. The van der Waals surface area contributed by atoms with Crippen molar-refractivity contribution in [2.24, 2.45) is 0 Å². The molecule has 4 heteroatoms. The van der Waals surface area contributed by atoms with E-state index in [9.17, 15) is 0 Å². The Morgan fingerprint density at radius 3 is 3.00 bits per heavy atom. The molecule has 3 rings (SSSR count). The number of rotatable bonds is 4. The molecular weight excluding hydrogens is 224 g/mol. The van der Waals surface area contributed by atoms with Crippen LogP contribution in [0.3, 0.4) is 0 Å². The topological polar surface area (TPSA) is 41.1 Å². The Morgan fingerprint density at radius 2 is 2.28 bits per heavy atom. The fraction of sp³-hybridized carbons (Fsp3) is 0.714. The van der Waals surface area contributed by atoms with Gasteiger partial charge in [-0.05, 0) is 39.2 Å². The van der Waals surface area contributed by atoms with E-state index in [-0.39, 0.29) is 0 Å². The molecule has 18 heavy (non-hydrogen) atoms. The molecule has 98 valence electrons. The second-order valence-corrected chi connectivity index (χ2v) is 5.69. The van der Waals surface area contributed by atoms with Gasteiger partial charge in [-0.25, -0.2) is 9.97 Å². The number of aryl methyl sites for hydroxylation is 1. The van der Waals surface area contributed by atoms with Crippen LogP contribution < -0.4 is 5.32 Å². The minimum atomic E-state index is 0.621. The first kappa shape index (κ1) is 12.1. The Hall–Kier alpha value is -1.00. The summed E-state index contributed by atoms with van der Waals surface area (Å²) in [6.07, 6.45) is 5.91. The number of hydrogen-bond acceptors (Lipinski definition) is 4. The number of aromatic nitrogens is 2. The van der Waals surface area contributed by atoms with Crippen LogP contribution in [0.25, 0.3) is 0 Å². The molecule has 0 radical (unpaired) electrons. The first-order valence-corrected chi connectivity index (χ1v) is 7.00. The summed E-state index contributed by atoms with van der Waals surface area (Å²) in [6, 6.07) is 4.24. The third-order valence-electron chi connectivity index (χ3n) is 4.04. The van der Waals surface area contributed by atoms with E-state index in [0.717, 1.165) is 30.1 Å². The van der Waals surface area contributed by atoms with Gasteiger partial charge in [-0.2, -0.15) is 0 Å². The predicted molar refractivity (Wildman–Crippen MR) is 71.2 cm³/mol. The molecule has 2 unspecified atom stereocenters. The maximum atomic E-state index is 4.43. The molecule has 4 nitrogen and oxygen atoms in total. The Balaban J connectivity index is 1.52. The van der Waals surface area contributed by atoms with Gasteiger partial charge in [0.2, 0.25) is 0 Å². The Morgan fingerprint density at radius 1 is 1.44 bits per heavy atom. The molecule has 0 aromatic carbocycles. The predicted octanol–water partition coefficient (Wildman–Crippen LogP) is 1.50. The van der Waals surface area contributed by atoms with Gasteiger partial charge in [-0.1, -0.05) is 0 Å². The molecule has 1 aromatic heterocycles. The van der Waals surface area contributed by atoms with E-state index in [1.165, 1.54) is 25.8 Å². The third kappa shape index (κ3) is 2.70. The molecule has 2 aliphatic rings. The maximum absolute atomic E-state index is 4.43. The van der Waals surface area contributed by atoms with E-state index in [0.29, 0.717) is 6.04 Å². The quantitative estimate of drug-likeness (QED) is 0.874. The van der Waals surface area contributed by atoms with Gasteiger partial charge in [0.25, 0.3) is 0 Å². The van der Waals surface area contributed by atoms with Crippen molar-refractivity contribution in [3.05, 3.63) is 23.8 Å². The van der Waals surface area contributed by atoms with Gasteiger partial charge in [-0.15, -0.1) is 0 Å². The van der Waals surface area contributed by atoms with Crippen molar-refractivity contribution in [2.45, 2.75) is 57.8 Å². The van der Waals surface area contributed by atoms with Gasteiger partial charge < -0.3 is 5.32 Å². The number of nitrogens with zero attached hydrogens (tertiary/aromatic N) is 3. The zero-order chi connectivity index (χ0) is 12.5. The standard InChI is InChI=1S/C14H22N4/c1-10-7-13(9-18(10)14-3-4-14)16-8-12-5-6-15-11(2)17-12/h5-6,10,13-14,16H,3-4,7-9H2,1-2H3. The second kappa shape index (κ2) is 4.94. The van der Waals surface area contributed by atoms with E-state index in [4.69, 9.17) is 0 Å². The van der Waals surface area contributed by atoms with Crippen LogP contribution in [0.2, 0.25) is 0 Å². The second-order valence-electron chi connectivity index (χ2n) is 5.69. The molecule has 0 bridgehead atoms. The summed E-state index contributed by atoms with van der Waals surface area (Å²) in [5, 5.41) is 3.64. The lowest BCUT2D eigenvalue weighted by atomic mass is 10.2. The maximum Gasteiger partial charge on any atom is 0.125 e. The molecule has 0 amide bonds. The largest absolute Gasteiger partial charge is 0.307 e. The monoisotopic (exact) mass is 246 g/mol. The summed E-state index contributed by atoms with van der Waals surface area (Å²) in [4.78, 5) is 11.2. The van der Waals surface area contributed by atoms with Gasteiger partial charge >= 0.3 is 0 Å². The number of hydrogen-bond donors (Lipinski definition) is 1. The molecule has 1 N–H and O–H groups in total. The lowest BCUT2D eigenvalue weighted by Crippen LogP contribution is -2.34. The zero-order valence-corrected chi connectivity index (χ0v) is 11.3. The van der Waals surface area contributed by atoms with Crippen molar-refractivity contribution >= 4 is 0 Å². The average Bonchev–Trinajstić information content (AvgIpc) is 3.11. The average molecular weight is 246 g/mol. The fourth-order valence-electron chi connectivity index (χ4n) is 2.97. The Bertz CT molecular complexity index is 416. The zero-order valence-electron chi connectivity index (χ0n) is 11.3. The van der Waals surface area contributed by atoms with Gasteiger partial charge in [0.1, 0.15) is 5.82 Å². The van der Waals surface area contributed by atoms with Crippen molar-refractivity contribution in [3.63, 3.8) is 0 Å². The molecule has 1 aliphatic heterocycles. The molecule has 1 aliphatic carbocycles. The van der Waals surface area contributed by atoms with Crippen molar-refractivity contribution < 1.29 is 0 Å². The molecular formula is C14H22N4. The first-order chi connectivity index (χ1) is 8.72. The van der Waals surface area contributed by atoms with Gasteiger partial charge in [0, 0.05) is 37.4 Å². The summed E-state index contributed by atoms with van der Waals surface area (Å²) in [5.74, 6) is 0.855. The van der Waals surface area contributed by atoms with E-state index in [1.54, 1.807) is 0 Å². The van der Waals surface area contributed by atoms with Crippen molar-refractivity contribution in [1.29, 1.82) is 0 Å². The van der Waals surface area contributed by atoms with E-state index in [1.807, 2.05) is 19.2 Å². The normalized spacial score (nSPS) is 28.8. The fourth-order valence-corrected chi connectivity index (χ4v) is 2.97. The van der Waals surface area contributed by atoms with Gasteiger partial charge in [-0.3, -0.25) is 4.90 Å². The minimum absolute atomic E-state index is 0.621. The van der Waals surface area contributed by atoms with Crippen LogP contribution in [0.1, 0.15) is 37.7 Å². The van der Waals surface area contributed by atoms with Crippen molar-refractivity contribution in [1.82, 2.24) is 20.2 Å². The summed E-state index contributed by atoms with van der Waals surface area (Å²) in [7, 11) is 0. The van der Waals surface area contributed by atoms with Gasteiger partial charge in [0.15, 0.2) is 0 Å². The lowest BCUT2D eigenvalue weighted by Gasteiger charge is -2.19. The van der Waals surface area contributed by atoms with E-state index < -0.39 is 0 Å². The highest BCUT2D eigenvalue weighted by atomic mass is 15.3. The van der Waals surface area contributed by atoms with Crippen molar-refractivity contribution in [3.8, 4) is 0 Å². The summed E-state index contributed by atoms with van der Waals surface area (Å²) >= 11 is 0. The molecule has 1 saturated carbocycles. The van der Waals surface area contributed by atoms with Crippen LogP contribution in [0.4, 0.5) is 0 Å². The van der Waals surface area contributed by atoms with Crippen LogP contribution in [-0.2, 0) is 6.54 Å². The van der Waals surface area contributed by atoms with E-state index in [2.05, 4.69) is 27.1 Å². The minimum Gasteiger partial charge on any atom is -0.307 e. The molecule has 0 spiro atoms. The Labute approximate surface area is 109 Å². The van der Waals surface area contributed by atoms with Crippen LogP contribution in [0, 0.1) is 6.92 Å². The molecule has 2 atom stereocenters. The highest BCUT2D eigenvalue weighted by molar-refractivity contribution is 5.02. The molecule has 2 heterocycles. The van der Waals surface area contributed by atoms with Crippen LogP contribution in [0.15, 0.2) is 12.3 Å². The summed E-state index contributed by atoms with van der Waals surface area (Å²) in [5.41, 5.74) is 1.10. The van der Waals surface area contributed by atoms with Gasteiger partial charge in [0.05, 0.1) is 5.69 Å². The highest BCUT2D eigenvalue weighted by Gasteiger charge is 2.38. The third-order valence-corrected chi connectivity index (χ3v) is 4.04. The summed E-state index contributed by atoms with van der Waals surface area (Å²) in [6.45, 7) is 6.36. The molecule has 2 fully saturated rings. The Kier molecular flexibility index (Phi) is 3.31. The smallest absolute Gasteiger partial charge is 0.125 e. The van der Waals surface area contributed by atoms with Crippen molar-refractivity contribution in [2.75, 3.05) is 6.54 Å². The first-order valence-electron chi connectivity index (χ1n) is 7.00. The SMILES string of the molecule is Cc1nccc(CNC2CC(C)N(C3CC3)C2)n1. The van der Waals surface area contributed by atoms with E-state index >= 15 is 0 Å². The summed E-state index contributed by atoms with van der Waals surface area (Å²) < 4.78 is 0. The number of nitrogens with one attached hydrogen (secondary N) is 1.